The van der Waals surface area contributed by atoms with Crippen molar-refractivity contribution < 1.29 is 18.0 Å². The summed E-state index contributed by atoms with van der Waals surface area (Å²) in [5.74, 6) is -1.24. The number of nitrogens with zero attached hydrogens (tertiary/aromatic N) is 4. The fourth-order valence-electron chi connectivity index (χ4n) is 2.17. The molecule has 1 fully saturated rings. The first-order valence-electron chi connectivity index (χ1n) is 7.29. The van der Waals surface area contributed by atoms with Crippen molar-refractivity contribution in [2.45, 2.75) is 31.6 Å². The van der Waals surface area contributed by atoms with Crippen molar-refractivity contribution in [3.05, 3.63) is 48.3 Å². The van der Waals surface area contributed by atoms with Crippen molar-refractivity contribution in [1.82, 2.24) is 19.9 Å². The van der Waals surface area contributed by atoms with Crippen LogP contribution in [0.4, 0.5) is 23.7 Å². The fourth-order valence-corrected chi connectivity index (χ4v) is 2.17. The average molecular weight is 337 g/mol. The van der Waals surface area contributed by atoms with E-state index in [1.807, 2.05) is 12.1 Å². The van der Waals surface area contributed by atoms with Crippen molar-refractivity contribution in [1.29, 1.82) is 0 Å². The molecule has 24 heavy (non-hydrogen) atoms. The summed E-state index contributed by atoms with van der Waals surface area (Å²) in [7, 11) is 0. The summed E-state index contributed by atoms with van der Waals surface area (Å²) in [6, 6.07) is 3.36. The minimum Gasteiger partial charge on any atom is -0.317 e. The van der Waals surface area contributed by atoms with Gasteiger partial charge in [0, 0.05) is 25.0 Å². The third-order valence-corrected chi connectivity index (χ3v) is 3.51. The largest absolute Gasteiger partial charge is 0.451 e. The number of nitrogens with one attached hydrogen (secondary N) is 1. The maximum absolute atomic E-state index is 12.4. The van der Waals surface area contributed by atoms with E-state index >= 15 is 0 Å². The Hall–Kier alpha value is -2.71. The molecule has 0 unspecified atom stereocenters. The lowest BCUT2D eigenvalue weighted by Crippen LogP contribution is -2.36. The second-order valence-electron chi connectivity index (χ2n) is 5.44. The van der Waals surface area contributed by atoms with Crippen molar-refractivity contribution in [3.8, 4) is 0 Å². The summed E-state index contributed by atoms with van der Waals surface area (Å²) in [4.78, 5) is 24.4. The van der Waals surface area contributed by atoms with Gasteiger partial charge in [-0.1, -0.05) is 0 Å². The van der Waals surface area contributed by atoms with Gasteiger partial charge in [0.2, 0.25) is 5.82 Å². The molecule has 6 nitrogen and oxygen atoms in total. The van der Waals surface area contributed by atoms with E-state index in [1.54, 1.807) is 17.3 Å². The van der Waals surface area contributed by atoms with Gasteiger partial charge < -0.3 is 10.2 Å². The Morgan fingerprint density at radius 1 is 1.21 bits per heavy atom. The highest BCUT2D eigenvalue weighted by molar-refractivity contribution is 5.89. The highest BCUT2D eigenvalue weighted by Crippen LogP contribution is 2.29. The quantitative estimate of drug-likeness (QED) is 0.931. The van der Waals surface area contributed by atoms with Crippen molar-refractivity contribution in [3.63, 3.8) is 0 Å². The molecule has 3 rings (SSSR count). The van der Waals surface area contributed by atoms with E-state index in [9.17, 15) is 18.0 Å². The van der Waals surface area contributed by atoms with E-state index in [1.165, 1.54) is 0 Å². The number of carbonyl (C=O) groups excluding carboxylic acids is 1. The minimum absolute atomic E-state index is 0.119. The molecule has 0 spiro atoms. The predicted octanol–water partition coefficient (Wildman–Crippen LogP) is 3.09. The van der Waals surface area contributed by atoms with E-state index in [2.05, 4.69) is 20.3 Å². The topological polar surface area (TPSA) is 71.0 Å². The third kappa shape index (κ3) is 3.98. The smallest absolute Gasteiger partial charge is 0.317 e. The highest BCUT2D eigenvalue weighted by Gasteiger charge is 2.35. The number of alkyl halides is 3. The van der Waals surface area contributed by atoms with Crippen LogP contribution in [0.15, 0.2) is 36.9 Å². The Labute approximate surface area is 135 Å². The van der Waals surface area contributed by atoms with Crippen LogP contribution in [-0.4, -0.2) is 31.9 Å². The number of rotatable bonds is 4. The molecular formula is C15H14F3N5O. The molecule has 1 aliphatic carbocycles. The maximum atomic E-state index is 12.4. The second kappa shape index (κ2) is 6.42. The first kappa shape index (κ1) is 16.2. The van der Waals surface area contributed by atoms with Crippen LogP contribution in [0, 0.1) is 0 Å². The van der Waals surface area contributed by atoms with Gasteiger partial charge >= 0.3 is 12.2 Å². The van der Waals surface area contributed by atoms with E-state index < -0.39 is 18.0 Å². The Morgan fingerprint density at radius 2 is 1.83 bits per heavy atom. The Balaban J connectivity index is 1.67. The van der Waals surface area contributed by atoms with Crippen LogP contribution in [0.25, 0.3) is 0 Å². The van der Waals surface area contributed by atoms with Crippen LogP contribution in [-0.2, 0) is 12.7 Å². The van der Waals surface area contributed by atoms with E-state index in [0.717, 1.165) is 30.8 Å². The minimum atomic E-state index is -4.61. The number of anilines is 1. The zero-order valence-electron chi connectivity index (χ0n) is 12.5. The molecule has 2 heterocycles. The Morgan fingerprint density at radius 3 is 2.38 bits per heavy atom. The number of hydrogen-bond acceptors (Lipinski definition) is 4. The van der Waals surface area contributed by atoms with Gasteiger partial charge in [-0.05, 0) is 30.5 Å². The van der Waals surface area contributed by atoms with Gasteiger partial charge in [-0.25, -0.2) is 14.8 Å². The summed E-state index contributed by atoms with van der Waals surface area (Å²) < 4.78 is 37.3. The normalized spacial score (nSPS) is 14.3. The molecule has 126 valence electrons. The predicted molar refractivity (Wildman–Crippen MR) is 78.9 cm³/mol. The molecule has 0 radical (unpaired) electrons. The lowest BCUT2D eigenvalue weighted by molar-refractivity contribution is -0.144. The fraction of sp³-hybridized carbons (Fsp3) is 0.333. The van der Waals surface area contributed by atoms with E-state index in [-0.39, 0.29) is 11.7 Å². The number of urea groups is 1. The first-order valence-corrected chi connectivity index (χ1v) is 7.29. The Bertz CT molecular complexity index is 701. The molecule has 1 aliphatic rings. The van der Waals surface area contributed by atoms with Crippen LogP contribution in [0.5, 0.6) is 0 Å². The number of pyridine rings is 1. The molecule has 1 saturated carbocycles. The van der Waals surface area contributed by atoms with Crippen LogP contribution in [0.2, 0.25) is 0 Å². The molecule has 1 N–H and O–H groups in total. The number of carbonyl (C=O) groups is 1. The first-order chi connectivity index (χ1) is 11.4. The van der Waals surface area contributed by atoms with E-state index in [0.29, 0.717) is 6.54 Å². The van der Waals surface area contributed by atoms with Gasteiger partial charge in [0.25, 0.3) is 0 Å². The molecule has 9 heteroatoms. The summed E-state index contributed by atoms with van der Waals surface area (Å²) in [5, 5.41) is 2.54. The number of amides is 2. The maximum Gasteiger partial charge on any atom is 0.451 e. The summed E-state index contributed by atoms with van der Waals surface area (Å²) in [6.45, 7) is 0.403. The van der Waals surface area contributed by atoms with Crippen molar-refractivity contribution in [2.24, 2.45) is 0 Å². The number of aromatic nitrogens is 3. The Kier molecular flexibility index (Phi) is 4.32. The lowest BCUT2D eigenvalue weighted by Gasteiger charge is -2.22. The van der Waals surface area contributed by atoms with Gasteiger partial charge in [0.1, 0.15) is 0 Å². The zero-order chi connectivity index (χ0) is 17.2. The van der Waals surface area contributed by atoms with Crippen molar-refractivity contribution in [2.75, 3.05) is 5.32 Å². The molecule has 0 bridgehead atoms. The molecule has 0 saturated heterocycles. The summed E-state index contributed by atoms with van der Waals surface area (Å²) in [5.41, 5.74) is 1.05. The van der Waals surface area contributed by atoms with Crippen LogP contribution in [0.3, 0.4) is 0 Å². The van der Waals surface area contributed by atoms with Crippen molar-refractivity contribution >= 4 is 11.7 Å². The number of hydrogen-bond donors (Lipinski definition) is 1. The monoisotopic (exact) mass is 337 g/mol. The average Bonchev–Trinajstić information content (AvgIpc) is 3.38. The summed E-state index contributed by atoms with van der Waals surface area (Å²) >= 11 is 0. The standard InChI is InChI=1S/C15H14F3N5O/c16-15(17,18)13-20-7-11(8-21-13)22-14(24)23(12-1-2-12)9-10-3-5-19-6-4-10/h3-8,12H,1-2,9H2,(H,22,24). The van der Waals surface area contributed by atoms with E-state index in [4.69, 9.17) is 0 Å². The van der Waals surface area contributed by atoms with Crippen LogP contribution in [0.1, 0.15) is 24.2 Å². The molecule has 0 atom stereocenters. The highest BCUT2D eigenvalue weighted by atomic mass is 19.4. The van der Waals surface area contributed by atoms with Gasteiger partial charge in [0.15, 0.2) is 0 Å². The molecule has 0 aromatic carbocycles. The lowest BCUT2D eigenvalue weighted by atomic mass is 10.2. The number of halogens is 3. The molecular weight excluding hydrogens is 323 g/mol. The summed E-state index contributed by atoms with van der Waals surface area (Å²) in [6.07, 6.45) is 2.38. The molecule has 2 amide bonds. The zero-order valence-corrected chi connectivity index (χ0v) is 12.5. The molecule has 0 aliphatic heterocycles. The van der Waals surface area contributed by atoms with Gasteiger partial charge in [-0.15, -0.1) is 0 Å². The molecule has 2 aromatic heterocycles. The van der Waals surface area contributed by atoms with Crippen LogP contribution < -0.4 is 5.32 Å². The van der Waals surface area contributed by atoms with Gasteiger partial charge in [0.05, 0.1) is 18.1 Å². The second-order valence-corrected chi connectivity index (χ2v) is 5.44. The SMILES string of the molecule is O=C(Nc1cnc(C(F)(F)F)nc1)N(Cc1ccncc1)C1CC1. The van der Waals surface area contributed by atoms with Gasteiger partial charge in [-0.2, -0.15) is 13.2 Å². The van der Waals surface area contributed by atoms with Gasteiger partial charge in [-0.3, -0.25) is 4.98 Å². The third-order valence-electron chi connectivity index (χ3n) is 3.51. The van der Waals surface area contributed by atoms with Crippen LogP contribution >= 0.6 is 0 Å². The molecule has 2 aromatic rings.